The number of ketones is 1. The van der Waals surface area contributed by atoms with Gasteiger partial charge in [0, 0.05) is 11.5 Å². The van der Waals surface area contributed by atoms with E-state index in [-0.39, 0.29) is 11.7 Å². The summed E-state index contributed by atoms with van der Waals surface area (Å²) in [6.07, 6.45) is 1.97. The van der Waals surface area contributed by atoms with Crippen LogP contribution in [0, 0.1) is 5.92 Å². The Kier molecular flexibility index (Phi) is 5.56. The van der Waals surface area contributed by atoms with Crippen molar-refractivity contribution in [2.24, 2.45) is 5.92 Å². The Morgan fingerprint density at radius 1 is 1.05 bits per heavy atom. The molecule has 21 heavy (non-hydrogen) atoms. The summed E-state index contributed by atoms with van der Waals surface area (Å²) in [6, 6.07) is 17.5. The van der Waals surface area contributed by atoms with Crippen LogP contribution in [0.2, 0.25) is 0 Å². The van der Waals surface area contributed by atoms with Gasteiger partial charge in [0.05, 0.1) is 0 Å². The summed E-state index contributed by atoms with van der Waals surface area (Å²) in [7, 11) is 0. The highest BCUT2D eigenvalue weighted by Crippen LogP contribution is 2.18. The van der Waals surface area contributed by atoms with Gasteiger partial charge in [0.25, 0.3) is 0 Å². The second-order valence-electron chi connectivity index (χ2n) is 5.35. The lowest BCUT2D eigenvalue weighted by Gasteiger charge is -2.10. The van der Waals surface area contributed by atoms with Crippen LogP contribution in [0.4, 0.5) is 0 Å². The molecule has 0 aromatic heterocycles. The smallest absolute Gasteiger partial charge is 0.165 e. The molecule has 0 aliphatic rings. The molecule has 0 heterocycles. The molecular weight excluding hydrogens is 260 g/mol. The predicted octanol–water partition coefficient (Wildman–Crippen LogP) is 4.88. The van der Waals surface area contributed by atoms with Crippen LogP contribution in [0.25, 0.3) is 0 Å². The van der Waals surface area contributed by atoms with Crippen LogP contribution >= 0.6 is 0 Å². The summed E-state index contributed by atoms with van der Waals surface area (Å²) in [4.78, 5) is 12.2. The van der Waals surface area contributed by atoms with E-state index in [0.717, 1.165) is 29.7 Å². The molecule has 2 aromatic rings. The topological polar surface area (TPSA) is 26.3 Å². The summed E-state index contributed by atoms with van der Waals surface area (Å²) in [5, 5.41) is 0. The molecule has 0 fully saturated rings. The average molecular weight is 282 g/mol. The van der Waals surface area contributed by atoms with Crippen molar-refractivity contribution in [3.63, 3.8) is 0 Å². The highest BCUT2D eigenvalue weighted by molar-refractivity contribution is 5.97. The molecule has 0 N–H and O–H groups in total. The molecule has 0 amide bonds. The van der Waals surface area contributed by atoms with Crippen LogP contribution in [0.3, 0.4) is 0 Å². The Balaban J connectivity index is 1.94. The first-order chi connectivity index (χ1) is 10.2. The van der Waals surface area contributed by atoms with E-state index >= 15 is 0 Å². The maximum atomic E-state index is 12.2. The van der Waals surface area contributed by atoms with Crippen LogP contribution in [0.5, 0.6) is 5.75 Å². The van der Waals surface area contributed by atoms with E-state index in [1.165, 1.54) is 0 Å². The number of Topliss-reactive ketones (excluding diaryl/α,β-unsaturated/α-hetero) is 1. The molecule has 0 bridgehead atoms. The van der Waals surface area contributed by atoms with Gasteiger partial charge in [0.1, 0.15) is 12.4 Å². The van der Waals surface area contributed by atoms with Gasteiger partial charge in [-0.25, -0.2) is 0 Å². The standard InChI is InChI=1S/C19H22O2/c1-3-7-15(2)19(20)17-10-12-18(13-11-17)21-14-16-8-5-4-6-9-16/h4-6,8-13,15H,3,7,14H2,1-2H3. The fraction of sp³-hybridized carbons (Fsp3) is 0.316. The minimum atomic E-state index is 0.0890. The summed E-state index contributed by atoms with van der Waals surface area (Å²) in [5.74, 6) is 1.09. The van der Waals surface area contributed by atoms with E-state index in [1.54, 1.807) is 0 Å². The highest BCUT2D eigenvalue weighted by Gasteiger charge is 2.13. The molecule has 0 aliphatic heterocycles. The first-order valence-electron chi connectivity index (χ1n) is 7.51. The summed E-state index contributed by atoms with van der Waals surface area (Å²) in [5.41, 5.74) is 1.90. The predicted molar refractivity (Wildman–Crippen MR) is 85.6 cm³/mol. The molecular formula is C19H22O2. The van der Waals surface area contributed by atoms with Gasteiger partial charge in [-0.2, -0.15) is 0 Å². The quantitative estimate of drug-likeness (QED) is 0.676. The lowest BCUT2D eigenvalue weighted by molar-refractivity contribution is 0.0923. The summed E-state index contributed by atoms with van der Waals surface area (Å²) < 4.78 is 5.72. The third-order valence-corrected chi connectivity index (χ3v) is 3.56. The van der Waals surface area contributed by atoms with Crippen molar-refractivity contribution in [1.29, 1.82) is 0 Å². The largest absolute Gasteiger partial charge is 0.489 e. The number of carbonyl (C=O) groups excluding carboxylic acids is 1. The molecule has 1 atom stereocenters. The third kappa shape index (κ3) is 4.45. The van der Waals surface area contributed by atoms with E-state index in [1.807, 2.05) is 61.5 Å². The fourth-order valence-electron chi connectivity index (χ4n) is 2.30. The van der Waals surface area contributed by atoms with E-state index in [9.17, 15) is 4.79 Å². The SMILES string of the molecule is CCCC(C)C(=O)c1ccc(OCc2ccccc2)cc1. The third-order valence-electron chi connectivity index (χ3n) is 3.56. The zero-order valence-electron chi connectivity index (χ0n) is 12.7. The Bertz CT molecular complexity index is 558. The molecule has 0 saturated carbocycles. The van der Waals surface area contributed by atoms with E-state index in [2.05, 4.69) is 6.92 Å². The molecule has 0 spiro atoms. The average Bonchev–Trinajstić information content (AvgIpc) is 2.54. The second kappa shape index (κ2) is 7.63. The van der Waals surface area contributed by atoms with Crippen molar-refractivity contribution < 1.29 is 9.53 Å². The molecule has 0 radical (unpaired) electrons. The fourth-order valence-corrected chi connectivity index (χ4v) is 2.30. The molecule has 2 rings (SSSR count). The molecule has 1 unspecified atom stereocenters. The van der Waals surface area contributed by atoms with Crippen LogP contribution in [-0.2, 0) is 6.61 Å². The van der Waals surface area contributed by atoms with Crippen molar-refractivity contribution in [1.82, 2.24) is 0 Å². The van der Waals surface area contributed by atoms with Crippen LogP contribution in [-0.4, -0.2) is 5.78 Å². The van der Waals surface area contributed by atoms with E-state index < -0.39 is 0 Å². The Hall–Kier alpha value is -2.09. The molecule has 0 saturated heterocycles. The lowest BCUT2D eigenvalue weighted by Crippen LogP contribution is -2.10. The molecule has 2 nitrogen and oxygen atoms in total. The van der Waals surface area contributed by atoms with Gasteiger partial charge < -0.3 is 4.74 Å². The number of carbonyl (C=O) groups is 1. The van der Waals surface area contributed by atoms with Crippen molar-refractivity contribution in [3.8, 4) is 5.75 Å². The first-order valence-corrected chi connectivity index (χ1v) is 7.51. The normalized spacial score (nSPS) is 11.9. The molecule has 2 heteroatoms. The zero-order chi connectivity index (χ0) is 15.1. The van der Waals surface area contributed by atoms with Crippen LogP contribution in [0.15, 0.2) is 54.6 Å². The van der Waals surface area contributed by atoms with E-state index in [4.69, 9.17) is 4.74 Å². The van der Waals surface area contributed by atoms with Crippen molar-refractivity contribution >= 4 is 5.78 Å². The van der Waals surface area contributed by atoms with Crippen molar-refractivity contribution in [3.05, 3.63) is 65.7 Å². The second-order valence-corrected chi connectivity index (χ2v) is 5.35. The molecule has 2 aromatic carbocycles. The number of hydrogen-bond acceptors (Lipinski definition) is 2. The van der Waals surface area contributed by atoms with Gasteiger partial charge in [0.15, 0.2) is 5.78 Å². The number of rotatable bonds is 7. The van der Waals surface area contributed by atoms with Crippen LogP contribution in [0.1, 0.15) is 42.6 Å². The monoisotopic (exact) mass is 282 g/mol. The van der Waals surface area contributed by atoms with Crippen molar-refractivity contribution in [2.75, 3.05) is 0 Å². The highest BCUT2D eigenvalue weighted by atomic mass is 16.5. The maximum Gasteiger partial charge on any atom is 0.165 e. The Morgan fingerprint density at radius 2 is 1.71 bits per heavy atom. The first kappa shape index (κ1) is 15.3. The van der Waals surface area contributed by atoms with Gasteiger partial charge >= 0.3 is 0 Å². The minimum absolute atomic E-state index is 0.0890. The number of hydrogen-bond donors (Lipinski definition) is 0. The zero-order valence-corrected chi connectivity index (χ0v) is 12.7. The Morgan fingerprint density at radius 3 is 2.33 bits per heavy atom. The van der Waals surface area contributed by atoms with Gasteiger partial charge in [-0.1, -0.05) is 50.6 Å². The minimum Gasteiger partial charge on any atom is -0.489 e. The van der Waals surface area contributed by atoms with Gasteiger partial charge in [-0.05, 0) is 36.2 Å². The summed E-state index contributed by atoms with van der Waals surface area (Å²) >= 11 is 0. The number of benzene rings is 2. The van der Waals surface area contributed by atoms with Gasteiger partial charge in [0.2, 0.25) is 0 Å². The molecule has 110 valence electrons. The van der Waals surface area contributed by atoms with Crippen molar-refractivity contribution in [2.45, 2.75) is 33.3 Å². The lowest BCUT2D eigenvalue weighted by atomic mass is 9.95. The number of ether oxygens (including phenoxy) is 1. The van der Waals surface area contributed by atoms with Gasteiger partial charge in [-0.3, -0.25) is 4.79 Å². The van der Waals surface area contributed by atoms with Gasteiger partial charge in [-0.15, -0.1) is 0 Å². The molecule has 0 aliphatic carbocycles. The van der Waals surface area contributed by atoms with Crippen LogP contribution < -0.4 is 4.74 Å². The Labute approximate surface area is 126 Å². The van der Waals surface area contributed by atoms with E-state index in [0.29, 0.717) is 6.61 Å². The maximum absolute atomic E-state index is 12.2. The summed E-state index contributed by atoms with van der Waals surface area (Å²) in [6.45, 7) is 4.64.